The van der Waals surface area contributed by atoms with Crippen molar-refractivity contribution in [1.29, 1.82) is 0 Å². The van der Waals surface area contributed by atoms with E-state index in [1.807, 2.05) is 60.7 Å². The third-order valence-electron chi connectivity index (χ3n) is 2.93. The number of benzene rings is 2. The molecule has 0 bridgehead atoms. The molecule has 0 aliphatic rings. The van der Waals surface area contributed by atoms with Crippen molar-refractivity contribution < 1.29 is 9.53 Å². The van der Waals surface area contributed by atoms with Crippen molar-refractivity contribution in [2.24, 2.45) is 0 Å². The van der Waals surface area contributed by atoms with E-state index in [9.17, 15) is 4.79 Å². The Morgan fingerprint density at radius 1 is 0.950 bits per heavy atom. The molecule has 0 radical (unpaired) electrons. The van der Waals surface area contributed by atoms with Gasteiger partial charge >= 0.3 is 5.71 Å². The quantitative estimate of drug-likeness (QED) is 0.591. The van der Waals surface area contributed by atoms with E-state index in [1.165, 1.54) is 0 Å². The van der Waals surface area contributed by atoms with Crippen LogP contribution >= 0.6 is 7.92 Å². The van der Waals surface area contributed by atoms with E-state index in [1.54, 1.807) is 0 Å². The summed E-state index contributed by atoms with van der Waals surface area (Å²) in [6.07, 6.45) is 1.94. The lowest BCUT2D eigenvalue weighted by Gasteiger charge is -2.16. The van der Waals surface area contributed by atoms with Crippen LogP contribution in [0.4, 0.5) is 4.79 Å². The predicted molar refractivity (Wildman–Crippen MR) is 85.3 cm³/mol. The topological polar surface area (TPSA) is 26.3 Å². The van der Waals surface area contributed by atoms with Gasteiger partial charge in [-0.15, -0.1) is 0 Å². The smallest absolute Gasteiger partial charge is 0.335 e. The molecule has 0 aliphatic carbocycles. The van der Waals surface area contributed by atoms with Gasteiger partial charge in [-0.1, -0.05) is 74.0 Å². The molecule has 0 unspecified atom stereocenters. The molecule has 0 amide bonds. The first-order chi connectivity index (χ1) is 9.83. The second-order valence-corrected chi connectivity index (χ2v) is 6.54. The zero-order chi connectivity index (χ0) is 14.2. The molecule has 104 valence electrons. The summed E-state index contributed by atoms with van der Waals surface area (Å²) in [5.41, 5.74) is -0.106. The van der Waals surface area contributed by atoms with Gasteiger partial charge in [0.2, 0.25) is 0 Å². The van der Waals surface area contributed by atoms with E-state index < -0.39 is 7.92 Å². The summed E-state index contributed by atoms with van der Waals surface area (Å²) in [6.45, 7) is 2.60. The van der Waals surface area contributed by atoms with Gasteiger partial charge in [0.05, 0.1) is 14.5 Å². The Labute approximate surface area is 121 Å². The number of carbonyl (C=O) groups excluding carboxylic acids is 1. The Morgan fingerprint density at radius 2 is 1.45 bits per heavy atom. The largest absolute Gasteiger partial charge is 0.462 e. The Bertz CT molecular complexity index is 486. The van der Waals surface area contributed by atoms with Crippen LogP contribution in [0.3, 0.4) is 0 Å². The molecule has 0 N–H and O–H groups in total. The van der Waals surface area contributed by atoms with E-state index in [-0.39, 0.29) is 5.71 Å². The number of carbonyl (C=O) groups is 1. The second kappa shape index (κ2) is 7.81. The highest BCUT2D eigenvalue weighted by Crippen LogP contribution is 2.35. The van der Waals surface area contributed by atoms with E-state index in [2.05, 4.69) is 6.92 Å². The summed E-state index contributed by atoms with van der Waals surface area (Å²) in [7, 11) is -1.09. The maximum atomic E-state index is 12.4. The summed E-state index contributed by atoms with van der Waals surface area (Å²) in [5.74, 6) is 0. The molecule has 2 rings (SSSR count). The van der Waals surface area contributed by atoms with Gasteiger partial charge in [0.1, 0.15) is 0 Å². The summed E-state index contributed by atoms with van der Waals surface area (Å²) in [5, 5.41) is 2.07. The van der Waals surface area contributed by atoms with Gasteiger partial charge in [0.25, 0.3) is 0 Å². The molecule has 2 nitrogen and oxygen atoms in total. The zero-order valence-corrected chi connectivity index (χ0v) is 12.6. The number of unbranched alkanes of at least 4 members (excludes halogenated alkanes) is 1. The normalized spacial score (nSPS) is 10.5. The van der Waals surface area contributed by atoms with Crippen molar-refractivity contribution in [1.82, 2.24) is 0 Å². The van der Waals surface area contributed by atoms with E-state index in [4.69, 9.17) is 4.74 Å². The van der Waals surface area contributed by atoms with E-state index >= 15 is 0 Å². The lowest BCUT2D eigenvalue weighted by molar-refractivity contribution is 0.172. The molecule has 0 fully saturated rings. The highest BCUT2D eigenvalue weighted by Gasteiger charge is 2.23. The zero-order valence-electron chi connectivity index (χ0n) is 11.7. The van der Waals surface area contributed by atoms with Crippen LogP contribution in [0.15, 0.2) is 60.7 Å². The van der Waals surface area contributed by atoms with Crippen LogP contribution in [0.5, 0.6) is 0 Å². The van der Waals surface area contributed by atoms with Gasteiger partial charge in [-0.05, 0) is 17.0 Å². The molecule has 0 saturated carbocycles. The average Bonchev–Trinajstić information content (AvgIpc) is 2.50. The molecule has 20 heavy (non-hydrogen) atoms. The maximum Gasteiger partial charge on any atom is 0.335 e. The average molecular weight is 286 g/mol. The van der Waals surface area contributed by atoms with Crippen LogP contribution in [-0.2, 0) is 4.74 Å². The first-order valence-electron chi connectivity index (χ1n) is 6.90. The molecule has 0 spiro atoms. The summed E-state index contributed by atoms with van der Waals surface area (Å²) >= 11 is 0. The van der Waals surface area contributed by atoms with Crippen molar-refractivity contribution >= 4 is 24.2 Å². The minimum atomic E-state index is -1.09. The van der Waals surface area contributed by atoms with Crippen molar-refractivity contribution in [3.05, 3.63) is 60.7 Å². The lowest BCUT2D eigenvalue weighted by Crippen LogP contribution is -2.19. The molecular formula is C17H19O2P. The molecular weight excluding hydrogens is 267 g/mol. The Kier molecular flexibility index (Phi) is 5.76. The molecule has 0 aliphatic heterocycles. The van der Waals surface area contributed by atoms with Gasteiger partial charge in [-0.2, -0.15) is 0 Å². The van der Waals surface area contributed by atoms with Crippen LogP contribution in [0.2, 0.25) is 0 Å². The van der Waals surface area contributed by atoms with Crippen LogP contribution in [-0.4, -0.2) is 12.3 Å². The standard InChI is InChI=1S/C17H19O2P/c1-2-3-14-19-17(18)20(15-10-6-4-7-11-15)16-12-8-5-9-13-16/h4-13H,2-3,14H2,1H3. The molecule has 0 heterocycles. The molecule has 2 aromatic rings. The molecule has 3 heteroatoms. The van der Waals surface area contributed by atoms with Crippen LogP contribution < -0.4 is 10.6 Å². The van der Waals surface area contributed by atoms with Crippen molar-refractivity contribution in [2.75, 3.05) is 6.61 Å². The second-order valence-electron chi connectivity index (χ2n) is 4.47. The minimum Gasteiger partial charge on any atom is -0.462 e. The highest BCUT2D eigenvalue weighted by molar-refractivity contribution is 7.87. The number of ether oxygens (including phenoxy) is 1. The predicted octanol–water partition coefficient (Wildman–Crippen LogP) is 4.06. The van der Waals surface area contributed by atoms with Crippen LogP contribution in [0, 0.1) is 0 Å². The number of rotatable bonds is 6. The number of hydrogen-bond donors (Lipinski definition) is 0. The fourth-order valence-corrected chi connectivity index (χ4v) is 3.76. The third-order valence-corrected chi connectivity index (χ3v) is 5.06. The Morgan fingerprint density at radius 3 is 1.90 bits per heavy atom. The summed E-state index contributed by atoms with van der Waals surface area (Å²) in [4.78, 5) is 12.4. The van der Waals surface area contributed by atoms with E-state index in [0.29, 0.717) is 6.61 Å². The van der Waals surface area contributed by atoms with Gasteiger partial charge in [-0.25, -0.2) is 4.79 Å². The van der Waals surface area contributed by atoms with Gasteiger partial charge in [0.15, 0.2) is 0 Å². The molecule has 2 aromatic carbocycles. The maximum absolute atomic E-state index is 12.4. The number of hydrogen-bond acceptors (Lipinski definition) is 2. The van der Waals surface area contributed by atoms with E-state index in [0.717, 1.165) is 23.5 Å². The fraction of sp³-hybridized carbons (Fsp3) is 0.235. The SMILES string of the molecule is CCCCOC(=O)P(c1ccccc1)c1ccccc1. The molecule has 0 aromatic heterocycles. The summed E-state index contributed by atoms with van der Waals surface area (Å²) < 4.78 is 5.44. The molecule has 0 atom stereocenters. The lowest BCUT2D eigenvalue weighted by atomic mass is 10.4. The first-order valence-corrected chi connectivity index (χ1v) is 8.24. The van der Waals surface area contributed by atoms with Gasteiger partial charge in [-0.3, -0.25) is 0 Å². The molecule has 0 saturated heterocycles. The third kappa shape index (κ3) is 3.91. The van der Waals surface area contributed by atoms with Crippen LogP contribution in [0.1, 0.15) is 19.8 Å². The van der Waals surface area contributed by atoms with Crippen LogP contribution in [0.25, 0.3) is 0 Å². The van der Waals surface area contributed by atoms with Crippen molar-refractivity contribution in [2.45, 2.75) is 19.8 Å². The van der Waals surface area contributed by atoms with Gasteiger partial charge < -0.3 is 4.74 Å². The minimum absolute atomic E-state index is 0.106. The van der Waals surface area contributed by atoms with Gasteiger partial charge in [0, 0.05) is 0 Å². The summed E-state index contributed by atoms with van der Waals surface area (Å²) in [6, 6.07) is 19.8. The Hall–Kier alpha value is -1.66. The Balaban J connectivity index is 2.23. The fourth-order valence-electron chi connectivity index (χ4n) is 1.88. The highest BCUT2D eigenvalue weighted by atomic mass is 31.1. The monoisotopic (exact) mass is 286 g/mol. The van der Waals surface area contributed by atoms with Crippen molar-refractivity contribution in [3.8, 4) is 0 Å². The van der Waals surface area contributed by atoms with Crippen molar-refractivity contribution in [3.63, 3.8) is 0 Å². The first kappa shape index (κ1) is 14.7.